The third-order valence-electron chi connectivity index (χ3n) is 1.90. The van der Waals surface area contributed by atoms with Crippen LogP contribution in [0.5, 0.6) is 0 Å². The van der Waals surface area contributed by atoms with Gasteiger partial charge in [-0.15, -0.1) is 0 Å². The number of hydrogen-bond donors (Lipinski definition) is 2. The second kappa shape index (κ2) is 7.23. The highest BCUT2D eigenvalue weighted by Crippen LogP contribution is 2.00. The zero-order chi connectivity index (χ0) is 11.8. The summed E-state index contributed by atoms with van der Waals surface area (Å²) in [6.45, 7) is 2.25. The summed E-state index contributed by atoms with van der Waals surface area (Å²) in [5.41, 5.74) is 0. The van der Waals surface area contributed by atoms with E-state index in [9.17, 15) is 9.59 Å². The molecular formula is C10H20N2O3. The van der Waals surface area contributed by atoms with Gasteiger partial charge in [-0.1, -0.05) is 0 Å². The summed E-state index contributed by atoms with van der Waals surface area (Å²) in [6.07, 6.45) is 1.46. The molecule has 15 heavy (non-hydrogen) atoms. The van der Waals surface area contributed by atoms with E-state index in [1.165, 1.54) is 0 Å². The van der Waals surface area contributed by atoms with Gasteiger partial charge in [-0.3, -0.25) is 9.59 Å². The van der Waals surface area contributed by atoms with Crippen molar-refractivity contribution in [3.8, 4) is 0 Å². The van der Waals surface area contributed by atoms with Crippen molar-refractivity contribution in [2.75, 3.05) is 20.6 Å². The number of carboxylic acids is 1. The Kier molecular flexibility index (Phi) is 6.70. The summed E-state index contributed by atoms with van der Waals surface area (Å²) < 4.78 is 0. The Labute approximate surface area is 90.5 Å². The van der Waals surface area contributed by atoms with E-state index < -0.39 is 5.97 Å². The lowest BCUT2D eigenvalue weighted by Gasteiger charge is -2.15. The largest absolute Gasteiger partial charge is 0.481 e. The average Bonchev–Trinajstić information content (AvgIpc) is 2.00. The number of amides is 1. The lowest BCUT2D eigenvalue weighted by molar-refractivity contribution is -0.137. The van der Waals surface area contributed by atoms with Gasteiger partial charge >= 0.3 is 5.97 Å². The van der Waals surface area contributed by atoms with Gasteiger partial charge in [-0.05, 0) is 33.9 Å². The van der Waals surface area contributed by atoms with Crippen LogP contribution in [-0.4, -0.2) is 48.6 Å². The minimum Gasteiger partial charge on any atom is -0.481 e. The maximum atomic E-state index is 11.3. The van der Waals surface area contributed by atoms with Crippen LogP contribution in [0.1, 0.15) is 26.2 Å². The fourth-order valence-corrected chi connectivity index (χ4v) is 1.24. The van der Waals surface area contributed by atoms with Crippen LogP contribution < -0.4 is 5.32 Å². The van der Waals surface area contributed by atoms with E-state index in [2.05, 4.69) is 5.32 Å². The highest BCUT2D eigenvalue weighted by atomic mass is 16.4. The van der Waals surface area contributed by atoms with Gasteiger partial charge < -0.3 is 15.3 Å². The zero-order valence-corrected chi connectivity index (χ0v) is 9.62. The van der Waals surface area contributed by atoms with Crippen LogP contribution in [0.4, 0.5) is 0 Å². The third-order valence-corrected chi connectivity index (χ3v) is 1.90. The van der Waals surface area contributed by atoms with Gasteiger partial charge in [0.1, 0.15) is 0 Å². The Hall–Kier alpha value is -1.10. The minimum atomic E-state index is -0.790. The molecule has 0 fully saturated rings. The Bertz CT molecular complexity index is 217. The van der Waals surface area contributed by atoms with Crippen molar-refractivity contribution < 1.29 is 14.7 Å². The molecule has 1 amide bonds. The van der Waals surface area contributed by atoms with Gasteiger partial charge in [0.2, 0.25) is 5.91 Å². The van der Waals surface area contributed by atoms with E-state index in [-0.39, 0.29) is 18.4 Å². The molecule has 0 rings (SSSR count). The SMILES string of the molecule is CC(CCCC(=O)O)NC(=O)CN(C)C. The van der Waals surface area contributed by atoms with Crippen LogP contribution in [0.15, 0.2) is 0 Å². The standard InChI is InChI=1S/C10H20N2O3/c1-8(5-4-6-10(14)15)11-9(13)7-12(2)3/h8H,4-7H2,1-3H3,(H,11,13)(H,14,15). The molecule has 0 aromatic heterocycles. The predicted molar refractivity (Wildman–Crippen MR) is 57.6 cm³/mol. The van der Waals surface area contributed by atoms with Gasteiger partial charge in [0.25, 0.3) is 0 Å². The number of nitrogens with one attached hydrogen (secondary N) is 1. The number of carbonyl (C=O) groups excluding carboxylic acids is 1. The number of rotatable bonds is 7. The molecule has 0 aliphatic heterocycles. The quantitative estimate of drug-likeness (QED) is 0.642. The molecule has 0 saturated heterocycles. The molecule has 0 saturated carbocycles. The molecule has 0 spiro atoms. The van der Waals surface area contributed by atoms with E-state index in [0.717, 1.165) is 0 Å². The molecule has 1 unspecified atom stereocenters. The topological polar surface area (TPSA) is 69.6 Å². The van der Waals surface area contributed by atoms with Crippen LogP contribution in [0.25, 0.3) is 0 Å². The summed E-state index contributed by atoms with van der Waals surface area (Å²) in [7, 11) is 3.66. The number of carbonyl (C=O) groups is 2. The summed E-state index contributed by atoms with van der Waals surface area (Å²) >= 11 is 0. The molecule has 1 atom stereocenters. The van der Waals surface area contributed by atoms with Crippen LogP contribution in [0, 0.1) is 0 Å². The second-order valence-corrected chi connectivity index (χ2v) is 3.99. The van der Waals surface area contributed by atoms with E-state index >= 15 is 0 Å². The molecular weight excluding hydrogens is 196 g/mol. The fraction of sp³-hybridized carbons (Fsp3) is 0.800. The van der Waals surface area contributed by atoms with E-state index in [4.69, 9.17) is 5.11 Å². The molecule has 0 aromatic carbocycles. The molecule has 0 aliphatic carbocycles. The van der Waals surface area contributed by atoms with E-state index in [1.807, 2.05) is 21.0 Å². The van der Waals surface area contributed by atoms with Gasteiger partial charge in [-0.25, -0.2) is 0 Å². The lowest BCUT2D eigenvalue weighted by atomic mass is 10.1. The Morgan fingerprint density at radius 2 is 2.00 bits per heavy atom. The van der Waals surface area contributed by atoms with Crippen molar-refractivity contribution in [3.63, 3.8) is 0 Å². The van der Waals surface area contributed by atoms with Crippen molar-refractivity contribution in [3.05, 3.63) is 0 Å². The predicted octanol–water partition coefficient (Wildman–Crippen LogP) is 0.308. The highest BCUT2D eigenvalue weighted by molar-refractivity contribution is 5.78. The molecule has 5 nitrogen and oxygen atoms in total. The average molecular weight is 216 g/mol. The Morgan fingerprint density at radius 3 is 2.47 bits per heavy atom. The minimum absolute atomic E-state index is 0.0252. The monoisotopic (exact) mass is 216 g/mol. The summed E-state index contributed by atoms with van der Waals surface area (Å²) in [6, 6.07) is 0.0387. The first kappa shape index (κ1) is 13.9. The summed E-state index contributed by atoms with van der Waals surface area (Å²) in [4.78, 5) is 23.3. The summed E-state index contributed by atoms with van der Waals surface area (Å²) in [5, 5.41) is 11.2. The second-order valence-electron chi connectivity index (χ2n) is 3.99. The van der Waals surface area contributed by atoms with Crippen molar-refractivity contribution in [1.29, 1.82) is 0 Å². The molecule has 0 radical (unpaired) electrons. The molecule has 88 valence electrons. The van der Waals surface area contributed by atoms with Crippen molar-refractivity contribution in [2.24, 2.45) is 0 Å². The maximum absolute atomic E-state index is 11.3. The fourth-order valence-electron chi connectivity index (χ4n) is 1.24. The maximum Gasteiger partial charge on any atom is 0.303 e. The number of carboxylic acid groups (broad SMARTS) is 1. The van der Waals surface area contributed by atoms with E-state index in [1.54, 1.807) is 4.90 Å². The van der Waals surface area contributed by atoms with Crippen LogP contribution in [-0.2, 0) is 9.59 Å². The van der Waals surface area contributed by atoms with Gasteiger partial charge in [0.05, 0.1) is 6.54 Å². The number of hydrogen-bond acceptors (Lipinski definition) is 3. The van der Waals surface area contributed by atoms with Crippen molar-refractivity contribution in [2.45, 2.75) is 32.2 Å². The van der Waals surface area contributed by atoms with Gasteiger partial charge in [0.15, 0.2) is 0 Å². The zero-order valence-electron chi connectivity index (χ0n) is 9.62. The van der Waals surface area contributed by atoms with Crippen LogP contribution in [0.3, 0.4) is 0 Å². The van der Waals surface area contributed by atoms with Crippen LogP contribution in [0.2, 0.25) is 0 Å². The first-order chi connectivity index (χ1) is 6.91. The normalized spacial score (nSPS) is 12.5. The Morgan fingerprint density at radius 1 is 1.40 bits per heavy atom. The number of aliphatic carboxylic acids is 1. The Balaban J connectivity index is 3.59. The molecule has 0 aromatic rings. The molecule has 0 heterocycles. The van der Waals surface area contributed by atoms with Gasteiger partial charge in [-0.2, -0.15) is 0 Å². The summed E-state index contributed by atoms with van der Waals surface area (Å²) in [5.74, 6) is -0.815. The van der Waals surface area contributed by atoms with E-state index in [0.29, 0.717) is 19.4 Å². The lowest BCUT2D eigenvalue weighted by Crippen LogP contribution is -2.38. The van der Waals surface area contributed by atoms with Crippen molar-refractivity contribution in [1.82, 2.24) is 10.2 Å². The first-order valence-electron chi connectivity index (χ1n) is 5.07. The number of likely N-dealkylation sites (N-methyl/N-ethyl adjacent to an activating group) is 1. The number of nitrogens with zero attached hydrogens (tertiary/aromatic N) is 1. The molecule has 5 heteroatoms. The highest BCUT2D eigenvalue weighted by Gasteiger charge is 2.08. The first-order valence-corrected chi connectivity index (χ1v) is 5.07. The van der Waals surface area contributed by atoms with Gasteiger partial charge in [0, 0.05) is 12.5 Å². The smallest absolute Gasteiger partial charge is 0.303 e. The molecule has 0 bridgehead atoms. The molecule has 2 N–H and O–H groups in total. The van der Waals surface area contributed by atoms with Crippen LogP contribution >= 0.6 is 0 Å². The van der Waals surface area contributed by atoms with Crippen molar-refractivity contribution >= 4 is 11.9 Å². The molecule has 0 aliphatic rings. The third kappa shape index (κ3) is 9.21.